The standard InChI is InChI=1S/C23H21N3O2/c1-2-27-23-14-18(16-25-26-21-10-4-3-5-11-21)12-13-22(23)28-17-20-9-7-6-8-19(20)15-24/h3-14,16,26H,2,17H2,1H3/b25-16+. The molecule has 3 aromatic carbocycles. The maximum Gasteiger partial charge on any atom is 0.161 e. The molecule has 0 amide bonds. The number of anilines is 1. The van der Waals surface area contributed by atoms with Crippen molar-refractivity contribution in [2.24, 2.45) is 5.10 Å². The number of hydrogen-bond acceptors (Lipinski definition) is 5. The van der Waals surface area contributed by atoms with Crippen LogP contribution in [0, 0.1) is 11.3 Å². The normalized spacial score (nSPS) is 10.4. The van der Waals surface area contributed by atoms with Crippen molar-refractivity contribution in [3.8, 4) is 17.6 Å². The van der Waals surface area contributed by atoms with Crippen LogP contribution in [0.15, 0.2) is 77.9 Å². The van der Waals surface area contributed by atoms with Gasteiger partial charge in [0, 0.05) is 5.56 Å². The zero-order valence-electron chi connectivity index (χ0n) is 15.6. The van der Waals surface area contributed by atoms with E-state index in [1.807, 2.05) is 73.7 Å². The van der Waals surface area contributed by atoms with Gasteiger partial charge in [-0.3, -0.25) is 5.43 Å². The predicted octanol–water partition coefficient (Wildman–Crippen LogP) is 4.98. The molecule has 0 spiro atoms. The molecule has 0 aromatic heterocycles. The molecule has 0 unspecified atom stereocenters. The summed E-state index contributed by atoms with van der Waals surface area (Å²) in [5.74, 6) is 1.27. The molecule has 0 heterocycles. The van der Waals surface area contributed by atoms with Crippen LogP contribution in [0.3, 0.4) is 0 Å². The number of benzene rings is 3. The van der Waals surface area contributed by atoms with Crippen molar-refractivity contribution in [2.45, 2.75) is 13.5 Å². The number of nitriles is 1. The van der Waals surface area contributed by atoms with E-state index in [9.17, 15) is 5.26 Å². The Morgan fingerprint density at radius 3 is 2.54 bits per heavy atom. The van der Waals surface area contributed by atoms with Crippen LogP contribution >= 0.6 is 0 Å². The van der Waals surface area contributed by atoms with E-state index in [4.69, 9.17) is 9.47 Å². The van der Waals surface area contributed by atoms with E-state index >= 15 is 0 Å². The minimum absolute atomic E-state index is 0.298. The van der Waals surface area contributed by atoms with Crippen molar-refractivity contribution in [1.29, 1.82) is 5.26 Å². The number of para-hydroxylation sites is 1. The molecule has 0 fully saturated rings. The van der Waals surface area contributed by atoms with Crippen molar-refractivity contribution in [2.75, 3.05) is 12.0 Å². The fourth-order valence-corrected chi connectivity index (χ4v) is 2.60. The van der Waals surface area contributed by atoms with E-state index in [1.54, 1.807) is 12.3 Å². The summed E-state index contributed by atoms with van der Waals surface area (Å²) in [4.78, 5) is 0. The average Bonchev–Trinajstić information content (AvgIpc) is 2.74. The van der Waals surface area contributed by atoms with Gasteiger partial charge < -0.3 is 9.47 Å². The Morgan fingerprint density at radius 1 is 0.964 bits per heavy atom. The fourth-order valence-electron chi connectivity index (χ4n) is 2.60. The molecule has 0 radical (unpaired) electrons. The smallest absolute Gasteiger partial charge is 0.161 e. The predicted molar refractivity (Wildman–Crippen MR) is 111 cm³/mol. The van der Waals surface area contributed by atoms with E-state index in [-0.39, 0.29) is 0 Å². The van der Waals surface area contributed by atoms with Gasteiger partial charge in [-0.15, -0.1) is 0 Å². The Balaban J connectivity index is 1.71. The fraction of sp³-hybridized carbons (Fsp3) is 0.130. The Kier molecular flexibility index (Phi) is 6.64. The van der Waals surface area contributed by atoms with Gasteiger partial charge in [-0.25, -0.2) is 0 Å². The molecule has 5 heteroatoms. The van der Waals surface area contributed by atoms with Crippen LogP contribution in [-0.4, -0.2) is 12.8 Å². The number of ether oxygens (including phenoxy) is 2. The van der Waals surface area contributed by atoms with Crippen LogP contribution < -0.4 is 14.9 Å². The summed E-state index contributed by atoms with van der Waals surface area (Å²) in [5, 5.41) is 13.5. The van der Waals surface area contributed by atoms with Crippen LogP contribution in [0.5, 0.6) is 11.5 Å². The van der Waals surface area contributed by atoms with Crippen molar-refractivity contribution in [3.63, 3.8) is 0 Å². The lowest BCUT2D eigenvalue weighted by molar-refractivity contribution is 0.269. The summed E-state index contributed by atoms with van der Waals surface area (Å²) in [5.41, 5.74) is 6.23. The summed E-state index contributed by atoms with van der Waals surface area (Å²) < 4.78 is 11.6. The SMILES string of the molecule is CCOc1cc(/C=N/Nc2ccccc2)ccc1OCc1ccccc1C#N. The number of hydrazone groups is 1. The van der Waals surface area contributed by atoms with Gasteiger partial charge in [0.25, 0.3) is 0 Å². The first kappa shape index (κ1) is 19.0. The topological polar surface area (TPSA) is 66.6 Å². The molecule has 3 aromatic rings. The molecular formula is C23H21N3O2. The Bertz CT molecular complexity index is 979. The van der Waals surface area contributed by atoms with Crippen molar-refractivity contribution in [1.82, 2.24) is 0 Å². The molecule has 0 saturated carbocycles. The van der Waals surface area contributed by atoms with Gasteiger partial charge in [0.15, 0.2) is 11.5 Å². The lowest BCUT2D eigenvalue weighted by atomic mass is 10.1. The number of nitrogens with zero attached hydrogens (tertiary/aromatic N) is 2. The minimum Gasteiger partial charge on any atom is -0.490 e. The molecule has 5 nitrogen and oxygen atoms in total. The largest absolute Gasteiger partial charge is 0.490 e. The minimum atomic E-state index is 0.298. The van der Waals surface area contributed by atoms with Gasteiger partial charge in [-0.05, 0) is 48.9 Å². The molecule has 140 valence electrons. The van der Waals surface area contributed by atoms with E-state index in [0.717, 1.165) is 16.8 Å². The third kappa shape index (κ3) is 5.12. The third-order valence-electron chi connectivity index (χ3n) is 3.97. The van der Waals surface area contributed by atoms with Gasteiger partial charge in [-0.2, -0.15) is 10.4 Å². The Labute approximate surface area is 164 Å². The van der Waals surface area contributed by atoms with Gasteiger partial charge in [0.2, 0.25) is 0 Å². The molecule has 0 saturated heterocycles. The second-order valence-electron chi connectivity index (χ2n) is 5.93. The van der Waals surface area contributed by atoms with Crippen molar-refractivity contribution < 1.29 is 9.47 Å². The third-order valence-corrected chi connectivity index (χ3v) is 3.97. The maximum absolute atomic E-state index is 9.20. The summed E-state index contributed by atoms with van der Waals surface area (Å²) in [7, 11) is 0. The highest BCUT2D eigenvalue weighted by Gasteiger charge is 2.08. The van der Waals surface area contributed by atoms with E-state index in [0.29, 0.717) is 30.3 Å². The lowest BCUT2D eigenvalue weighted by Gasteiger charge is -2.13. The summed E-state index contributed by atoms with van der Waals surface area (Å²) in [6.45, 7) is 2.74. The molecule has 28 heavy (non-hydrogen) atoms. The van der Waals surface area contributed by atoms with Gasteiger partial charge in [0.1, 0.15) is 6.61 Å². The molecule has 0 atom stereocenters. The van der Waals surface area contributed by atoms with E-state index in [2.05, 4.69) is 16.6 Å². The van der Waals surface area contributed by atoms with Crippen LogP contribution in [0.1, 0.15) is 23.6 Å². The van der Waals surface area contributed by atoms with Crippen LogP contribution in [0.2, 0.25) is 0 Å². The monoisotopic (exact) mass is 371 g/mol. The number of hydrogen-bond donors (Lipinski definition) is 1. The first-order chi connectivity index (χ1) is 13.8. The first-order valence-electron chi connectivity index (χ1n) is 9.02. The zero-order valence-corrected chi connectivity index (χ0v) is 15.6. The lowest BCUT2D eigenvalue weighted by Crippen LogP contribution is -2.02. The maximum atomic E-state index is 9.20. The number of nitrogens with one attached hydrogen (secondary N) is 1. The van der Waals surface area contributed by atoms with Crippen molar-refractivity contribution >= 4 is 11.9 Å². The molecule has 0 aliphatic heterocycles. The molecular weight excluding hydrogens is 350 g/mol. The summed E-state index contributed by atoms with van der Waals surface area (Å²) >= 11 is 0. The van der Waals surface area contributed by atoms with Crippen LogP contribution in [0.25, 0.3) is 0 Å². The average molecular weight is 371 g/mol. The number of rotatable bonds is 8. The first-order valence-corrected chi connectivity index (χ1v) is 9.02. The van der Waals surface area contributed by atoms with E-state index in [1.165, 1.54) is 0 Å². The van der Waals surface area contributed by atoms with Crippen LogP contribution in [-0.2, 0) is 6.61 Å². The Morgan fingerprint density at radius 2 is 1.75 bits per heavy atom. The van der Waals surface area contributed by atoms with Gasteiger partial charge in [0.05, 0.1) is 30.1 Å². The summed E-state index contributed by atoms with van der Waals surface area (Å²) in [6.07, 6.45) is 1.73. The highest BCUT2D eigenvalue weighted by Crippen LogP contribution is 2.29. The van der Waals surface area contributed by atoms with Crippen molar-refractivity contribution in [3.05, 3.63) is 89.5 Å². The zero-order chi connectivity index (χ0) is 19.6. The molecule has 3 rings (SSSR count). The molecule has 0 aliphatic carbocycles. The summed E-state index contributed by atoms with van der Waals surface area (Å²) in [6, 6.07) is 24.9. The quantitative estimate of drug-likeness (QED) is 0.448. The van der Waals surface area contributed by atoms with Gasteiger partial charge >= 0.3 is 0 Å². The van der Waals surface area contributed by atoms with Crippen LogP contribution in [0.4, 0.5) is 5.69 Å². The second kappa shape index (κ2) is 9.79. The molecule has 0 aliphatic rings. The molecule has 1 N–H and O–H groups in total. The highest BCUT2D eigenvalue weighted by molar-refractivity contribution is 5.81. The van der Waals surface area contributed by atoms with Gasteiger partial charge in [-0.1, -0.05) is 36.4 Å². The second-order valence-corrected chi connectivity index (χ2v) is 5.93. The Hall–Kier alpha value is -3.78. The highest BCUT2D eigenvalue weighted by atomic mass is 16.5. The molecule has 0 bridgehead atoms. The van der Waals surface area contributed by atoms with E-state index < -0.39 is 0 Å².